The predicted molar refractivity (Wildman–Crippen MR) is 95.6 cm³/mol. The van der Waals surface area contributed by atoms with Crippen molar-refractivity contribution in [3.05, 3.63) is 11.6 Å². The maximum Gasteiger partial charge on any atom is 0.303 e. The molecule has 138 valence electrons. The van der Waals surface area contributed by atoms with Gasteiger partial charge in [-0.25, -0.2) is 0 Å². The van der Waals surface area contributed by atoms with Crippen LogP contribution in [0.3, 0.4) is 0 Å². The Hall–Kier alpha value is -1.31. The summed E-state index contributed by atoms with van der Waals surface area (Å²) < 4.78 is 0. The molecule has 0 aliphatic heterocycles. The molecule has 3 saturated carbocycles. The number of aliphatic hydroxyl groups excluding tert-OH is 2. The molecule has 4 nitrogen and oxygen atoms in total. The monoisotopic (exact) mass is 346 g/mol. The Labute approximate surface area is 150 Å². The van der Waals surface area contributed by atoms with E-state index >= 15 is 0 Å². The smallest absolute Gasteiger partial charge is 0.303 e. The van der Waals surface area contributed by atoms with Gasteiger partial charge in [0.25, 0.3) is 0 Å². The van der Waals surface area contributed by atoms with Gasteiger partial charge in [-0.3, -0.25) is 4.79 Å². The van der Waals surface area contributed by atoms with Gasteiger partial charge in [0.15, 0.2) is 0 Å². The highest BCUT2D eigenvalue weighted by Crippen LogP contribution is 2.51. The van der Waals surface area contributed by atoms with Crippen LogP contribution in [-0.4, -0.2) is 33.5 Å². The van der Waals surface area contributed by atoms with Gasteiger partial charge < -0.3 is 15.3 Å². The minimum Gasteiger partial charge on any atom is -0.481 e. The second kappa shape index (κ2) is 8.38. The third kappa shape index (κ3) is 4.46. The van der Waals surface area contributed by atoms with Crippen LogP contribution in [0.2, 0.25) is 0 Å². The number of aliphatic hydroxyl groups is 2. The Bertz CT molecular complexity index is 564. The fourth-order valence-electron chi connectivity index (χ4n) is 4.84. The first kappa shape index (κ1) is 18.5. The van der Waals surface area contributed by atoms with E-state index in [-0.39, 0.29) is 12.3 Å². The molecule has 4 heteroatoms. The molecule has 25 heavy (non-hydrogen) atoms. The van der Waals surface area contributed by atoms with E-state index in [0.29, 0.717) is 24.2 Å². The van der Waals surface area contributed by atoms with Gasteiger partial charge in [-0.05, 0) is 56.3 Å². The molecule has 0 aromatic rings. The van der Waals surface area contributed by atoms with Crippen molar-refractivity contribution in [3.63, 3.8) is 0 Å². The first-order valence-corrected chi connectivity index (χ1v) is 9.84. The summed E-state index contributed by atoms with van der Waals surface area (Å²) in [6, 6.07) is 0. The number of hydrogen-bond acceptors (Lipinski definition) is 3. The molecule has 3 fully saturated rings. The Morgan fingerprint density at radius 1 is 1.20 bits per heavy atom. The van der Waals surface area contributed by atoms with Crippen LogP contribution in [0.15, 0.2) is 11.6 Å². The zero-order chi connectivity index (χ0) is 17.8. The molecule has 0 heterocycles. The van der Waals surface area contributed by atoms with Crippen LogP contribution in [0.4, 0.5) is 0 Å². The molecule has 3 rings (SSSR count). The summed E-state index contributed by atoms with van der Waals surface area (Å²) in [7, 11) is 0. The molecule has 3 N–H and O–H groups in total. The van der Waals surface area contributed by atoms with Gasteiger partial charge in [0, 0.05) is 6.42 Å². The molecule has 0 spiro atoms. The number of fused-ring (bicyclic) bond motifs is 1. The van der Waals surface area contributed by atoms with E-state index in [9.17, 15) is 15.0 Å². The predicted octanol–water partition coefficient (Wildman–Crippen LogP) is 3.13. The molecule has 0 radical (unpaired) electrons. The molecule has 0 saturated heterocycles. The molecule has 3 aliphatic carbocycles. The Kier molecular flexibility index (Phi) is 6.19. The molecule has 0 bridgehead atoms. The zero-order valence-electron chi connectivity index (χ0n) is 14.9. The normalized spacial score (nSPS) is 35.2. The quantitative estimate of drug-likeness (QED) is 0.540. The SMILES string of the molecule is O=C(O)CCC=C1C[C@H]2[C@H](C#C[C@@H](O)C3CCCCC3)[C@@H](O)CC[C@@H]12. The molecule has 3 aliphatic rings. The molecular formula is C21H30O4. The lowest BCUT2D eigenvalue weighted by Crippen LogP contribution is -2.44. The molecule has 5 atom stereocenters. The van der Waals surface area contributed by atoms with Crippen LogP contribution < -0.4 is 0 Å². The number of rotatable bonds is 4. The van der Waals surface area contributed by atoms with Gasteiger partial charge in [-0.2, -0.15) is 0 Å². The summed E-state index contributed by atoms with van der Waals surface area (Å²) in [6.45, 7) is 0. The Morgan fingerprint density at radius 3 is 2.68 bits per heavy atom. The van der Waals surface area contributed by atoms with E-state index in [1.165, 1.54) is 24.8 Å². The van der Waals surface area contributed by atoms with Crippen molar-refractivity contribution < 1.29 is 20.1 Å². The number of carbonyl (C=O) groups is 1. The van der Waals surface area contributed by atoms with Crippen molar-refractivity contribution in [1.82, 2.24) is 0 Å². The van der Waals surface area contributed by atoms with E-state index in [1.807, 2.05) is 0 Å². The fraction of sp³-hybridized carbons (Fsp3) is 0.762. The lowest BCUT2D eigenvalue weighted by Gasteiger charge is -2.48. The second-order valence-electron chi connectivity index (χ2n) is 7.99. The van der Waals surface area contributed by atoms with Crippen LogP contribution in [0, 0.1) is 35.5 Å². The highest BCUT2D eigenvalue weighted by atomic mass is 16.4. The summed E-state index contributed by atoms with van der Waals surface area (Å²) in [4.78, 5) is 10.6. The lowest BCUT2D eigenvalue weighted by molar-refractivity contribution is -0.136. The van der Waals surface area contributed by atoms with Crippen molar-refractivity contribution in [2.24, 2.45) is 23.7 Å². The van der Waals surface area contributed by atoms with Gasteiger partial charge in [0.1, 0.15) is 6.10 Å². The first-order chi connectivity index (χ1) is 12.1. The average molecular weight is 346 g/mol. The summed E-state index contributed by atoms with van der Waals surface area (Å²) in [6.07, 6.45) is 10.3. The topological polar surface area (TPSA) is 77.8 Å². The van der Waals surface area contributed by atoms with E-state index in [2.05, 4.69) is 17.9 Å². The first-order valence-electron chi connectivity index (χ1n) is 9.84. The van der Waals surface area contributed by atoms with Crippen LogP contribution in [0.25, 0.3) is 0 Å². The van der Waals surface area contributed by atoms with Crippen molar-refractivity contribution in [2.45, 2.75) is 76.4 Å². The maximum atomic E-state index is 10.6. The standard InChI is InChI=1S/C21H30O4/c22-19(14-5-2-1-3-6-14)11-10-17-18-13-15(7-4-8-21(24)25)16(18)9-12-20(17)23/h7,14,16-20,22-23H,1-6,8-9,12-13H2,(H,24,25)/t16-,17-,18+,19+,20-/m0/s1. The number of allylic oxidation sites excluding steroid dienone is 2. The zero-order valence-corrected chi connectivity index (χ0v) is 14.9. The minimum absolute atomic E-state index is 0.0476. The van der Waals surface area contributed by atoms with Crippen molar-refractivity contribution in [2.75, 3.05) is 0 Å². The number of hydrogen-bond donors (Lipinski definition) is 3. The highest BCUT2D eigenvalue weighted by molar-refractivity contribution is 5.66. The molecule has 0 aromatic carbocycles. The van der Waals surface area contributed by atoms with Gasteiger partial charge in [-0.15, -0.1) is 0 Å². The Balaban J connectivity index is 1.58. The van der Waals surface area contributed by atoms with Crippen molar-refractivity contribution in [1.29, 1.82) is 0 Å². The molecular weight excluding hydrogens is 316 g/mol. The second-order valence-corrected chi connectivity index (χ2v) is 7.99. The third-order valence-electron chi connectivity index (χ3n) is 6.37. The summed E-state index contributed by atoms with van der Waals surface area (Å²) in [5.41, 5.74) is 1.35. The van der Waals surface area contributed by atoms with Gasteiger partial charge in [0.2, 0.25) is 0 Å². The number of carboxylic acid groups (broad SMARTS) is 1. The van der Waals surface area contributed by atoms with Crippen LogP contribution in [0.5, 0.6) is 0 Å². The summed E-state index contributed by atoms with van der Waals surface area (Å²) in [5, 5.41) is 29.5. The van der Waals surface area contributed by atoms with E-state index in [0.717, 1.165) is 32.1 Å². The molecule has 0 unspecified atom stereocenters. The van der Waals surface area contributed by atoms with Gasteiger partial charge in [-0.1, -0.05) is 42.8 Å². The summed E-state index contributed by atoms with van der Waals surface area (Å²) in [5.74, 6) is 6.59. The van der Waals surface area contributed by atoms with Crippen LogP contribution in [-0.2, 0) is 4.79 Å². The maximum absolute atomic E-state index is 10.6. The largest absolute Gasteiger partial charge is 0.481 e. The van der Waals surface area contributed by atoms with E-state index in [4.69, 9.17) is 5.11 Å². The van der Waals surface area contributed by atoms with Crippen LogP contribution in [0.1, 0.15) is 64.2 Å². The third-order valence-corrected chi connectivity index (χ3v) is 6.37. The molecule has 0 aromatic heterocycles. The average Bonchev–Trinajstić information content (AvgIpc) is 2.59. The lowest BCUT2D eigenvalue weighted by atomic mass is 9.57. The number of aliphatic carboxylic acids is 1. The van der Waals surface area contributed by atoms with E-state index in [1.54, 1.807) is 0 Å². The van der Waals surface area contributed by atoms with E-state index < -0.39 is 18.2 Å². The van der Waals surface area contributed by atoms with Crippen molar-refractivity contribution >= 4 is 5.97 Å². The van der Waals surface area contributed by atoms with Gasteiger partial charge in [0.05, 0.1) is 12.0 Å². The number of carboxylic acids is 1. The highest BCUT2D eigenvalue weighted by Gasteiger charge is 2.46. The van der Waals surface area contributed by atoms with Crippen LogP contribution >= 0.6 is 0 Å². The fourth-order valence-corrected chi connectivity index (χ4v) is 4.84. The molecule has 0 amide bonds. The summed E-state index contributed by atoms with van der Waals surface area (Å²) >= 11 is 0. The van der Waals surface area contributed by atoms with Gasteiger partial charge >= 0.3 is 5.97 Å². The Morgan fingerprint density at radius 2 is 1.96 bits per heavy atom. The van der Waals surface area contributed by atoms with Crippen molar-refractivity contribution in [3.8, 4) is 11.8 Å². The minimum atomic E-state index is -0.757.